The van der Waals surface area contributed by atoms with Crippen molar-refractivity contribution in [2.75, 3.05) is 5.73 Å². The van der Waals surface area contributed by atoms with E-state index in [1.165, 1.54) is 52.5 Å². The molecule has 18 nitrogen and oxygen atoms in total. The number of nitrogens with two attached hydrogens (primary N) is 1. The lowest BCUT2D eigenvalue weighted by molar-refractivity contribution is -0.384. The summed E-state index contributed by atoms with van der Waals surface area (Å²) in [7, 11) is 5.60. The maximum atomic E-state index is 12.4. The van der Waals surface area contributed by atoms with Crippen LogP contribution in [0.1, 0.15) is 71.6 Å². The van der Waals surface area contributed by atoms with Gasteiger partial charge in [-0.05, 0) is 46.6 Å². The molecule has 0 amide bonds. The highest BCUT2D eigenvalue weighted by molar-refractivity contribution is 5.85. The molecule has 0 fully saturated rings. The Bertz CT molecular complexity index is 3040. The maximum absolute atomic E-state index is 12.4. The number of benzene rings is 4. The maximum Gasteiger partial charge on any atom is 0.316 e. The van der Waals surface area contributed by atoms with Crippen LogP contribution in [0.25, 0.3) is 22.1 Å². The Labute approximate surface area is 349 Å². The van der Waals surface area contributed by atoms with Crippen molar-refractivity contribution in [3.63, 3.8) is 0 Å². The zero-order valence-electron chi connectivity index (χ0n) is 35.9. The monoisotopic (exact) mass is 835 g/mol. The van der Waals surface area contributed by atoms with Crippen molar-refractivity contribution >= 4 is 50.5 Å². The molecule has 0 atom stereocenters. The number of hydrogen-bond donors (Lipinski definition) is 2. The lowest BCUT2D eigenvalue weighted by Gasteiger charge is -2.35. The second kappa shape index (κ2) is 16.1. The molecule has 6 rings (SSSR count). The normalized spacial score (nSPS) is 12.2. The predicted octanol–water partition coefficient (Wildman–Crippen LogP) is 7.03. The minimum atomic E-state index is -0.799. The van der Waals surface area contributed by atoms with Gasteiger partial charge in [0.15, 0.2) is 5.69 Å². The van der Waals surface area contributed by atoms with Crippen molar-refractivity contribution in [3.8, 4) is 5.75 Å². The van der Waals surface area contributed by atoms with Crippen LogP contribution in [0.5, 0.6) is 5.75 Å². The van der Waals surface area contributed by atoms with Gasteiger partial charge in [-0.3, -0.25) is 39.4 Å². The number of hydrogen-bond acceptors (Lipinski definition) is 12. The Morgan fingerprint density at radius 1 is 0.607 bits per heavy atom. The molecule has 0 aliphatic carbocycles. The summed E-state index contributed by atoms with van der Waals surface area (Å²) >= 11 is 0. The fourth-order valence-corrected chi connectivity index (χ4v) is 7.72. The Morgan fingerprint density at radius 3 is 1.49 bits per heavy atom. The molecule has 6 aromatic rings. The van der Waals surface area contributed by atoms with E-state index in [9.17, 15) is 44.5 Å². The van der Waals surface area contributed by atoms with E-state index in [1.807, 2.05) is 50.2 Å². The summed E-state index contributed by atoms with van der Waals surface area (Å²) in [5.74, 6) is -0.0776. The molecule has 61 heavy (non-hydrogen) atoms. The molecule has 0 radical (unpaired) electrons. The van der Waals surface area contributed by atoms with Crippen LogP contribution < -0.4 is 28.0 Å². The molecule has 2 heterocycles. The zero-order chi connectivity index (χ0) is 45.7. The third-order valence-corrected chi connectivity index (χ3v) is 10.9. The van der Waals surface area contributed by atoms with E-state index in [4.69, 9.17) is 5.73 Å². The largest absolute Gasteiger partial charge is 0.505 e. The van der Waals surface area contributed by atoms with Gasteiger partial charge < -0.3 is 29.1 Å². The Hall–Kier alpha value is -7.24. The number of phenolic OH excluding ortho intramolecular Hbond substituents is 1. The molecule has 0 saturated carbocycles. The first-order valence-corrected chi connectivity index (χ1v) is 19.1. The van der Waals surface area contributed by atoms with E-state index >= 15 is 0 Å². The summed E-state index contributed by atoms with van der Waals surface area (Å²) in [6, 6.07) is 18.7. The van der Waals surface area contributed by atoms with Crippen LogP contribution in [0.3, 0.4) is 0 Å². The van der Waals surface area contributed by atoms with Crippen molar-refractivity contribution in [1.29, 1.82) is 0 Å². The van der Waals surface area contributed by atoms with Gasteiger partial charge in [0.2, 0.25) is 0 Å². The van der Waals surface area contributed by atoms with Crippen molar-refractivity contribution < 1.29 is 15.0 Å². The van der Waals surface area contributed by atoms with Gasteiger partial charge in [-0.15, -0.1) is 10.2 Å². The number of aromatic hydroxyl groups is 1. The number of phenols is 1. The van der Waals surface area contributed by atoms with E-state index in [0.717, 1.165) is 35.8 Å². The second-order valence-corrected chi connectivity index (χ2v) is 17.4. The number of nitro benzene ring substituents is 2. The smallest absolute Gasteiger partial charge is 0.316 e. The number of nitrogens with zero attached hydrogens (tertiary/aromatic N) is 8. The fourth-order valence-electron chi connectivity index (χ4n) is 7.72. The first-order chi connectivity index (χ1) is 28.2. The average molecular weight is 836 g/mol. The van der Waals surface area contributed by atoms with Crippen LogP contribution in [0.4, 0.5) is 28.4 Å². The average Bonchev–Trinajstić information content (AvgIpc) is 3.19. The molecule has 0 spiro atoms. The van der Waals surface area contributed by atoms with Crippen molar-refractivity contribution in [2.24, 2.45) is 43.8 Å². The highest BCUT2D eigenvalue weighted by Gasteiger charge is 2.33. The highest BCUT2D eigenvalue weighted by Crippen LogP contribution is 2.47. The lowest BCUT2D eigenvalue weighted by atomic mass is 9.70. The molecule has 0 bridgehead atoms. The fraction of sp³-hybridized carbons (Fsp3) is 0.349. The summed E-state index contributed by atoms with van der Waals surface area (Å²) in [6.45, 7) is 14.9. The van der Waals surface area contributed by atoms with Gasteiger partial charge in [0.05, 0.1) is 31.9 Å². The van der Waals surface area contributed by atoms with Crippen LogP contribution in [-0.2, 0) is 39.0 Å². The van der Waals surface area contributed by atoms with E-state index < -0.39 is 43.2 Å². The van der Waals surface area contributed by atoms with Crippen molar-refractivity contribution in [3.05, 3.63) is 145 Å². The quantitative estimate of drug-likeness (QED) is 0.0521. The molecule has 4 aromatic carbocycles. The first kappa shape index (κ1) is 44.9. The molecule has 0 unspecified atom stereocenters. The molecule has 3 N–H and O–H groups in total. The van der Waals surface area contributed by atoms with Gasteiger partial charge in [-0.2, -0.15) is 0 Å². The van der Waals surface area contributed by atoms with Crippen molar-refractivity contribution in [1.82, 2.24) is 18.3 Å². The number of nitrogen functional groups attached to an aromatic ring is 1. The SMILES string of the molecule is Cn1c(=O)c(=O)n(C)c2cc([N+](=O)[O-])c(N)cc21.Cn1c(=O)c(=O)n(C)c2cc([N+](=O)[O-])c(N=Nc3cc(C(C)(C)CC(C)(C)C)cc(C(C)(C)c4ccccc4)c3O)cc21. The highest BCUT2D eigenvalue weighted by atomic mass is 16.6. The van der Waals surface area contributed by atoms with Crippen LogP contribution in [-0.4, -0.2) is 33.2 Å². The number of azo groups is 1. The van der Waals surface area contributed by atoms with Crippen LogP contribution >= 0.6 is 0 Å². The molecule has 0 aliphatic heterocycles. The molecule has 18 heteroatoms. The number of fused-ring (bicyclic) bond motifs is 2. The standard InChI is InChI=1S/C33H39N5O5.C10H10N4O4/c1-31(2,3)19-32(4,5)21-15-22(33(6,7)20-13-11-10-12-14-20)28(39)24(16-21)35-34-23-17-26-27(18-25(23)38(42)43)37(9)30(41)29(40)36(26)8;1-12-7-3-5(11)6(14(17)18)4-8(7)13(2)10(16)9(12)15/h10-18,39H,19H2,1-9H3;3-4H,11H2,1-2H3. The Balaban J connectivity index is 0.000000325. The Morgan fingerprint density at radius 2 is 1.03 bits per heavy atom. The third kappa shape index (κ3) is 8.60. The van der Waals surface area contributed by atoms with Gasteiger partial charge >= 0.3 is 22.2 Å². The summed E-state index contributed by atoms with van der Waals surface area (Å²) in [5, 5.41) is 43.1. The molecule has 0 aliphatic rings. The van der Waals surface area contributed by atoms with Gasteiger partial charge in [-0.1, -0.05) is 84.9 Å². The molecule has 0 saturated heterocycles. The van der Waals surface area contributed by atoms with Gasteiger partial charge in [0.1, 0.15) is 17.1 Å². The van der Waals surface area contributed by atoms with Gasteiger partial charge in [0, 0.05) is 51.3 Å². The van der Waals surface area contributed by atoms with Gasteiger partial charge in [0.25, 0.3) is 11.4 Å². The summed E-state index contributed by atoms with van der Waals surface area (Å²) in [5.41, 5.74) is 4.65. The van der Waals surface area contributed by atoms with E-state index in [-0.39, 0.29) is 55.9 Å². The number of rotatable bonds is 8. The van der Waals surface area contributed by atoms with Gasteiger partial charge in [-0.25, -0.2) is 0 Å². The molecular weight excluding hydrogens is 787 g/mol. The van der Waals surface area contributed by atoms with Crippen LogP contribution in [0.15, 0.2) is 96.1 Å². The summed E-state index contributed by atoms with van der Waals surface area (Å²) in [6.07, 6.45) is 0.843. The third-order valence-electron chi connectivity index (χ3n) is 10.9. The molecule has 2 aromatic heterocycles. The first-order valence-electron chi connectivity index (χ1n) is 19.1. The number of aryl methyl sites for hydroxylation is 4. The Kier molecular flexibility index (Phi) is 11.8. The van der Waals surface area contributed by atoms with Crippen LogP contribution in [0, 0.1) is 25.6 Å². The number of aromatic nitrogens is 4. The lowest BCUT2D eigenvalue weighted by Crippen LogP contribution is -2.39. The number of nitro groups is 2. The summed E-state index contributed by atoms with van der Waals surface area (Å²) in [4.78, 5) is 69.5. The second-order valence-electron chi connectivity index (χ2n) is 17.4. The summed E-state index contributed by atoms with van der Waals surface area (Å²) < 4.78 is 4.41. The van der Waals surface area contributed by atoms with E-state index in [1.54, 1.807) is 6.07 Å². The molecule has 320 valence electrons. The molecular formula is C43H49N9O9. The van der Waals surface area contributed by atoms with Crippen LogP contribution in [0.2, 0.25) is 0 Å². The number of anilines is 1. The van der Waals surface area contributed by atoms with Crippen molar-refractivity contribution in [2.45, 2.75) is 65.7 Å². The minimum absolute atomic E-state index is 0.0138. The minimum Gasteiger partial charge on any atom is -0.505 e. The topological polar surface area (TPSA) is 245 Å². The predicted molar refractivity (Wildman–Crippen MR) is 235 cm³/mol. The van der Waals surface area contributed by atoms with E-state index in [0.29, 0.717) is 11.1 Å². The zero-order valence-corrected chi connectivity index (χ0v) is 35.9. The van der Waals surface area contributed by atoms with E-state index in [2.05, 4.69) is 44.8 Å².